The van der Waals surface area contributed by atoms with Crippen LogP contribution in [0.25, 0.3) is 11.1 Å². The number of rotatable bonds is 11. The molecule has 0 spiro atoms. The predicted molar refractivity (Wildman–Crippen MR) is 175 cm³/mol. The van der Waals surface area contributed by atoms with Gasteiger partial charge in [0.15, 0.2) is 6.29 Å². The van der Waals surface area contributed by atoms with Gasteiger partial charge in [-0.25, -0.2) is 9.48 Å². The van der Waals surface area contributed by atoms with Gasteiger partial charge in [0.25, 0.3) is 0 Å². The van der Waals surface area contributed by atoms with E-state index < -0.39 is 6.29 Å². The zero-order chi connectivity index (χ0) is 31.7. The Hall–Kier alpha value is -4.55. The van der Waals surface area contributed by atoms with E-state index in [9.17, 15) is 9.90 Å². The van der Waals surface area contributed by atoms with Crippen LogP contribution in [0.2, 0.25) is 0 Å². The van der Waals surface area contributed by atoms with E-state index in [0.29, 0.717) is 25.3 Å². The van der Waals surface area contributed by atoms with Gasteiger partial charge in [0.1, 0.15) is 0 Å². The van der Waals surface area contributed by atoms with Gasteiger partial charge >= 0.3 is 6.03 Å². The van der Waals surface area contributed by atoms with Crippen LogP contribution in [0.15, 0.2) is 108 Å². The first-order valence-corrected chi connectivity index (χ1v) is 16.1. The molecule has 3 N–H and O–H groups in total. The molecule has 11 heteroatoms. The van der Waals surface area contributed by atoms with Gasteiger partial charge in [0, 0.05) is 37.9 Å². The second kappa shape index (κ2) is 15.2. The molecule has 1 saturated heterocycles. The Bertz CT molecular complexity index is 1720. The standard InChI is InChI=1S/C35H36N6O4S/c1-41-35(38-39-40-41)46-23-30-19-32(27-13-11-25(22-42)12-14-27)45-33(44-30)28-17-15-26(16-18-28)31-10-6-5-9-29(31)21-37-34(43)36-20-24-7-3-2-4-8-24/h2-18,30,32-33,42H,19-23H2,1H3,(H2,36,37,43). The number of carbonyl (C=O) groups excluding carboxylic acids is 1. The van der Waals surface area contributed by atoms with Crippen LogP contribution < -0.4 is 10.6 Å². The van der Waals surface area contributed by atoms with Crippen LogP contribution in [0, 0.1) is 0 Å². The molecule has 2 heterocycles. The Labute approximate surface area is 272 Å². The maximum atomic E-state index is 12.5. The van der Waals surface area contributed by atoms with E-state index in [2.05, 4.69) is 44.4 Å². The second-order valence-electron chi connectivity index (χ2n) is 11.0. The Kier molecular flexibility index (Phi) is 10.4. The third-order valence-electron chi connectivity index (χ3n) is 7.84. The number of hydrogen-bond acceptors (Lipinski definition) is 8. The zero-order valence-electron chi connectivity index (χ0n) is 25.5. The summed E-state index contributed by atoms with van der Waals surface area (Å²) in [6, 6.07) is 33.7. The molecular formula is C35H36N6O4S. The van der Waals surface area contributed by atoms with E-state index in [1.54, 1.807) is 16.4 Å². The maximum Gasteiger partial charge on any atom is 0.315 e. The molecule has 0 saturated carbocycles. The smallest absolute Gasteiger partial charge is 0.315 e. The number of aromatic nitrogens is 4. The molecule has 46 heavy (non-hydrogen) atoms. The third kappa shape index (κ3) is 7.99. The van der Waals surface area contributed by atoms with E-state index in [4.69, 9.17) is 9.47 Å². The highest BCUT2D eigenvalue weighted by Gasteiger charge is 2.32. The van der Waals surface area contributed by atoms with Crippen molar-refractivity contribution in [3.8, 4) is 11.1 Å². The van der Waals surface area contributed by atoms with Gasteiger partial charge in [0.2, 0.25) is 5.16 Å². The average Bonchev–Trinajstić information content (AvgIpc) is 3.53. The van der Waals surface area contributed by atoms with Gasteiger partial charge in [-0.05, 0) is 43.8 Å². The van der Waals surface area contributed by atoms with Crippen molar-refractivity contribution in [2.45, 2.75) is 49.8 Å². The second-order valence-corrected chi connectivity index (χ2v) is 12.0. The van der Waals surface area contributed by atoms with E-state index >= 15 is 0 Å². The number of nitrogens with one attached hydrogen (secondary N) is 2. The number of ether oxygens (including phenoxy) is 2. The molecule has 0 aliphatic carbocycles. The van der Waals surface area contributed by atoms with Crippen LogP contribution in [0.4, 0.5) is 4.79 Å². The van der Waals surface area contributed by atoms with Crippen molar-refractivity contribution in [1.29, 1.82) is 0 Å². The Morgan fingerprint density at radius 3 is 2.33 bits per heavy atom. The minimum atomic E-state index is -0.571. The van der Waals surface area contributed by atoms with Gasteiger partial charge < -0.3 is 25.2 Å². The van der Waals surface area contributed by atoms with Crippen molar-refractivity contribution in [1.82, 2.24) is 30.8 Å². The molecule has 1 fully saturated rings. The highest BCUT2D eigenvalue weighted by atomic mass is 32.2. The molecule has 6 rings (SSSR count). The summed E-state index contributed by atoms with van der Waals surface area (Å²) in [7, 11) is 1.82. The van der Waals surface area contributed by atoms with E-state index in [0.717, 1.165) is 44.1 Å². The normalized spacial score (nSPS) is 17.8. The predicted octanol–water partition coefficient (Wildman–Crippen LogP) is 5.71. The lowest BCUT2D eigenvalue weighted by molar-refractivity contribution is -0.245. The summed E-state index contributed by atoms with van der Waals surface area (Å²) in [6.07, 6.45) is -0.194. The molecule has 1 aromatic heterocycles. The molecular weight excluding hydrogens is 600 g/mol. The summed E-state index contributed by atoms with van der Waals surface area (Å²) in [6.45, 7) is 0.854. The number of nitrogens with zero attached hydrogens (tertiary/aromatic N) is 4. The van der Waals surface area contributed by atoms with E-state index in [-0.39, 0.29) is 24.8 Å². The van der Waals surface area contributed by atoms with E-state index in [1.807, 2.05) is 92.0 Å². The maximum absolute atomic E-state index is 12.5. The Morgan fingerprint density at radius 1 is 0.870 bits per heavy atom. The number of carbonyl (C=O) groups is 1. The molecule has 1 aliphatic rings. The number of tetrazole rings is 1. The fraction of sp³-hybridized carbons (Fsp3) is 0.257. The van der Waals surface area contributed by atoms with Crippen LogP contribution in [-0.2, 0) is 36.2 Å². The Balaban J connectivity index is 1.14. The fourth-order valence-corrected chi connectivity index (χ4v) is 6.19. The van der Waals surface area contributed by atoms with Gasteiger partial charge in [-0.15, -0.1) is 5.10 Å². The monoisotopic (exact) mass is 636 g/mol. The molecule has 0 radical (unpaired) electrons. The lowest BCUT2D eigenvalue weighted by atomic mass is 9.98. The first-order chi connectivity index (χ1) is 22.6. The minimum absolute atomic E-state index is 0.00443. The van der Waals surface area contributed by atoms with Crippen molar-refractivity contribution in [2.75, 3.05) is 5.75 Å². The summed E-state index contributed by atoms with van der Waals surface area (Å²) in [5.74, 6) is 0.663. The number of benzene rings is 4. The summed E-state index contributed by atoms with van der Waals surface area (Å²) in [4.78, 5) is 12.5. The summed E-state index contributed by atoms with van der Waals surface area (Å²) in [5, 5.41) is 27.9. The van der Waals surface area contributed by atoms with Crippen molar-refractivity contribution in [3.63, 3.8) is 0 Å². The lowest BCUT2D eigenvalue weighted by Gasteiger charge is -2.36. The molecule has 5 aromatic rings. The van der Waals surface area contributed by atoms with Crippen molar-refractivity contribution < 1.29 is 19.4 Å². The van der Waals surface area contributed by atoms with Gasteiger partial charge in [-0.3, -0.25) is 0 Å². The van der Waals surface area contributed by atoms with Crippen molar-refractivity contribution in [2.24, 2.45) is 7.05 Å². The van der Waals surface area contributed by atoms with Gasteiger partial charge in [-0.2, -0.15) is 0 Å². The van der Waals surface area contributed by atoms with Gasteiger partial charge in [-0.1, -0.05) is 115 Å². The van der Waals surface area contributed by atoms with Crippen LogP contribution in [0.1, 0.15) is 46.6 Å². The number of aryl methyl sites for hydroxylation is 1. The van der Waals surface area contributed by atoms with Crippen LogP contribution in [0.3, 0.4) is 0 Å². The SMILES string of the molecule is Cn1nnnc1SCC1CC(c2ccc(CO)cc2)OC(c2ccc(-c3ccccc3CNC(=O)NCc3ccccc3)cc2)O1. The summed E-state index contributed by atoms with van der Waals surface area (Å²) in [5.41, 5.74) is 6.92. The number of amides is 2. The summed E-state index contributed by atoms with van der Waals surface area (Å²) >= 11 is 1.55. The topological polar surface area (TPSA) is 123 Å². The minimum Gasteiger partial charge on any atom is -0.392 e. The molecule has 236 valence electrons. The quantitative estimate of drug-likeness (QED) is 0.158. The molecule has 10 nitrogen and oxygen atoms in total. The van der Waals surface area contributed by atoms with Crippen LogP contribution in [0.5, 0.6) is 0 Å². The van der Waals surface area contributed by atoms with Crippen LogP contribution in [-0.4, -0.2) is 43.2 Å². The highest BCUT2D eigenvalue weighted by molar-refractivity contribution is 7.99. The third-order valence-corrected chi connectivity index (χ3v) is 8.98. The molecule has 3 unspecified atom stereocenters. The molecule has 2 amide bonds. The average molecular weight is 637 g/mol. The molecule has 4 aromatic carbocycles. The zero-order valence-corrected chi connectivity index (χ0v) is 26.3. The summed E-state index contributed by atoms with van der Waals surface area (Å²) < 4.78 is 14.6. The van der Waals surface area contributed by atoms with E-state index in [1.165, 1.54) is 0 Å². The highest BCUT2D eigenvalue weighted by Crippen LogP contribution is 2.39. The number of hydrogen-bond donors (Lipinski definition) is 3. The first-order valence-electron chi connectivity index (χ1n) is 15.2. The number of aliphatic hydroxyl groups excluding tert-OH is 1. The molecule has 0 bridgehead atoms. The van der Waals surface area contributed by atoms with Gasteiger partial charge in [0.05, 0.1) is 18.8 Å². The number of aliphatic hydroxyl groups is 1. The fourth-order valence-electron chi connectivity index (χ4n) is 5.33. The molecule has 1 aliphatic heterocycles. The van der Waals surface area contributed by atoms with Crippen molar-refractivity contribution >= 4 is 17.8 Å². The largest absolute Gasteiger partial charge is 0.392 e. The van der Waals surface area contributed by atoms with Crippen molar-refractivity contribution in [3.05, 3.63) is 131 Å². The van der Waals surface area contributed by atoms with Crippen LogP contribution >= 0.6 is 11.8 Å². The lowest BCUT2D eigenvalue weighted by Crippen LogP contribution is -2.34. The first kappa shape index (κ1) is 31.4. The number of thioether (sulfide) groups is 1. The Morgan fingerprint density at radius 2 is 1.59 bits per heavy atom. The molecule has 3 atom stereocenters. The number of urea groups is 1.